The molecule has 0 fully saturated rings. The summed E-state index contributed by atoms with van der Waals surface area (Å²) < 4.78 is 0. The van der Waals surface area contributed by atoms with Crippen LogP contribution in [0.15, 0.2) is 231 Å². The molecule has 1 heterocycles. The first-order valence-electron chi connectivity index (χ1n) is 21.2. The van der Waals surface area contributed by atoms with Crippen molar-refractivity contribution in [3.63, 3.8) is 0 Å². The van der Waals surface area contributed by atoms with Crippen LogP contribution in [0.1, 0.15) is 25.0 Å². The summed E-state index contributed by atoms with van der Waals surface area (Å²) in [5.74, 6) is 0. The highest BCUT2D eigenvalue weighted by atomic mass is 15.2. The van der Waals surface area contributed by atoms with E-state index < -0.39 is 0 Å². The van der Waals surface area contributed by atoms with E-state index in [-0.39, 0.29) is 5.41 Å². The lowest BCUT2D eigenvalue weighted by atomic mass is 9.72. The zero-order valence-electron chi connectivity index (χ0n) is 34.3. The Morgan fingerprint density at radius 3 is 1.67 bits per heavy atom. The second-order valence-electron chi connectivity index (χ2n) is 16.6. The van der Waals surface area contributed by atoms with Crippen molar-refractivity contribution in [2.24, 2.45) is 0 Å². The Hall–Kier alpha value is -7.68. The first kappa shape index (κ1) is 36.4. The third-order valence-electron chi connectivity index (χ3n) is 12.6. The predicted octanol–water partition coefficient (Wildman–Crippen LogP) is 16.6. The summed E-state index contributed by atoms with van der Waals surface area (Å²) in [6.45, 7) is 4.76. The van der Waals surface area contributed by atoms with Gasteiger partial charge in [0.25, 0.3) is 0 Å². The Kier molecular flexibility index (Phi) is 8.86. The quantitative estimate of drug-likeness (QED) is 0.159. The molecule has 0 aromatic heterocycles. The number of hydrogen-bond donors (Lipinski definition) is 0. The van der Waals surface area contributed by atoms with Crippen molar-refractivity contribution in [1.29, 1.82) is 0 Å². The Morgan fingerprint density at radius 1 is 0.344 bits per heavy atom. The third-order valence-corrected chi connectivity index (χ3v) is 12.6. The minimum absolute atomic E-state index is 0.238. The maximum absolute atomic E-state index is 2.54. The molecule has 0 radical (unpaired) electrons. The van der Waals surface area contributed by atoms with Gasteiger partial charge in [-0.25, -0.2) is 0 Å². The van der Waals surface area contributed by atoms with E-state index in [9.17, 15) is 0 Å². The second-order valence-corrected chi connectivity index (χ2v) is 16.6. The Bertz CT molecular complexity index is 3200. The van der Waals surface area contributed by atoms with Gasteiger partial charge in [-0.2, -0.15) is 0 Å². The summed E-state index contributed by atoms with van der Waals surface area (Å²) in [7, 11) is 0. The van der Waals surface area contributed by atoms with Gasteiger partial charge >= 0.3 is 0 Å². The molecule has 0 N–H and O–H groups in total. The van der Waals surface area contributed by atoms with E-state index in [1.807, 2.05) is 0 Å². The summed E-state index contributed by atoms with van der Waals surface area (Å²) in [4.78, 5) is 4.87. The molecule has 2 nitrogen and oxygen atoms in total. The van der Waals surface area contributed by atoms with Gasteiger partial charge in [0.05, 0.1) is 17.1 Å². The molecular formula is C59H44N2. The molecule has 1 aliphatic rings. The van der Waals surface area contributed by atoms with Crippen LogP contribution in [0.4, 0.5) is 34.1 Å². The van der Waals surface area contributed by atoms with Gasteiger partial charge in [-0.1, -0.05) is 178 Å². The van der Waals surface area contributed by atoms with E-state index in [0.717, 1.165) is 22.6 Å². The van der Waals surface area contributed by atoms with Crippen LogP contribution in [-0.4, -0.2) is 0 Å². The number of hydrogen-bond acceptors (Lipinski definition) is 2. The van der Waals surface area contributed by atoms with Crippen LogP contribution < -0.4 is 9.80 Å². The van der Waals surface area contributed by atoms with Crippen molar-refractivity contribution in [2.75, 3.05) is 9.80 Å². The zero-order valence-corrected chi connectivity index (χ0v) is 34.3. The van der Waals surface area contributed by atoms with Crippen molar-refractivity contribution in [2.45, 2.75) is 19.3 Å². The van der Waals surface area contributed by atoms with E-state index in [0.29, 0.717) is 0 Å². The van der Waals surface area contributed by atoms with Gasteiger partial charge in [-0.15, -0.1) is 0 Å². The van der Waals surface area contributed by atoms with Gasteiger partial charge in [0.2, 0.25) is 0 Å². The standard InChI is InChI=1S/C59H44N2/c1-59(2)54-29-13-14-30-56(54)61(57-36-34-47(40-55(57)59)46-32-31-41-17-9-10-19-43(41)37-46)58-52-28-12-11-18-42(52)33-35-53(58)48-22-15-20-44(38-48)45-21-16-27-51(39-45)60(49-23-5-3-6-24-49)50-25-7-4-8-26-50/h3-40H,1-2H3. The fourth-order valence-electron chi connectivity index (χ4n) is 9.51. The van der Waals surface area contributed by atoms with E-state index >= 15 is 0 Å². The minimum atomic E-state index is -0.238. The average Bonchev–Trinajstić information content (AvgIpc) is 3.32. The zero-order chi connectivity index (χ0) is 40.9. The first-order valence-corrected chi connectivity index (χ1v) is 21.2. The maximum atomic E-state index is 2.54. The first-order chi connectivity index (χ1) is 30.0. The normalized spacial score (nSPS) is 12.9. The van der Waals surface area contributed by atoms with Crippen LogP contribution >= 0.6 is 0 Å². The summed E-state index contributed by atoms with van der Waals surface area (Å²) in [5.41, 5.74) is 16.5. The molecule has 0 amide bonds. The van der Waals surface area contributed by atoms with Gasteiger partial charge in [0, 0.05) is 33.4 Å². The summed E-state index contributed by atoms with van der Waals surface area (Å²) in [6, 6.07) is 84.2. The van der Waals surface area contributed by atoms with Crippen LogP contribution in [0.3, 0.4) is 0 Å². The Labute approximate surface area is 358 Å². The van der Waals surface area contributed by atoms with Crippen molar-refractivity contribution in [3.05, 3.63) is 242 Å². The molecule has 0 unspecified atom stereocenters. The lowest BCUT2D eigenvalue weighted by Gasteiger charge is -2.43. The fourth-order valence-corrected chi connectivity index (χ4v) is 9.51. The van der Waals surface area contributed by atoms with Crippen molar-refractivity contribution >= 4 is 55.7 Å². The van der Waals surface area contributed by atoms with E-state index in [4.69, 9.17) is 0 Å². The molecule has 290 valence electrons. The summed E-state index contributed by atoms with van der Waals surface area (Å²) in [5, 5.41) is 4.94. The highest BCUT2D eigenvalue weighted by molar-refractivity contribution is 6.08. The van der Waals surface area contributed by atoms with E-state index in [1.165, 1.54) is 77.6 Å². The molecule has 10 aromatic carbocycles. The minimum Gasteiger partial charge on any atom is -0.310 e. The largest absolute Gasteiger partial charge is 0.310 e. The van der Waals surface area contributed by atoms with Gasteiger partial charge in [0.1, 0.15) is 0 Å². The van der Waals surface area contributed by atoms with Crippen LogP contribution in [0.25, 0.3) is 54.9 Å². The monoisotopic (exact) mass is 780 g/mol. The molecule has 0 saturated carbocycles. The number of para-hydroxylation sites is 3. The number of fused-ring (bicyclic) bond motifs is 4. The highest BCUT2D eigenvalue weighted by Gasteiger charge is 2.38. The number of anilines is 6. The van der Waals surface area contributed by atoms with Crippen LogP contribution in [0.5, 0.6) is 0 Å². The molecule has 0 bridgehead atoms. The number of rotatable bonds is 7. The molecule has 1 aliphatic heterocycles. The molecule has 0 aliphatic carbocycles. The van der Waals surface area contributed by atoms with Crippen molar-refractivity contribution in [1.82, 2.24) is 0 Å². The van der Waals surface area contributed by atoms with Gasteiger partial charge in [-0.3, -0.25) is 0 Å². The highest BCUT2D eigenvalue weighted by Crippen LogP contribution is 2.55. The summed E-state index contributed by atoms with van der Waals surface area (Å²) in [6.07, 6.45) is 0. The molecule has 11 rings (SSSR count). The summed E-state index contributed by atoms with van der Waals surface area (Å²) >= 11 is 0. The molecule has 0 saturated heterocycles. The van der Waals surface area contributed by atoms with Crippen LogP contribution in [0.2, 0.25) is 0 Å². The van der Waals surface area contributed by atoms with E-state index in [2.05, 4.69) is 254 Å². The SMILES string of the molecule is CC1(C)c2ccccc2N(c2c(-c3cccc(-c4cccc(N(c5ccccc5)c5ccccc5)c4)c3)ccc3ccccc23)c2ccc(-c3ccc4ccccc4c3)cc21. The Morgan fingerprint density at radius 2 is 0.885 bits per heavy atom. The lowest BCUT2D eigenvalue weighted by molar-refractivity contribution is 0.632. The van der Waals surface area contributed by atoms with Gasteiger partial charge in [0.15, 0.2) is 0 Å². The molecular weight excluding hydrogens is 737 g/mol. The smallest absolute Gasteiger partial charge is 0.0618 e. The number of benzene rings is 10. The average molecular weight is 781 g/mol. The number of nitrogens with zero attached hydrogens (tertiary/aromatic N) is 2. The molecule has 0 spiro atoms. The van der Waals surface area contributed by atoms with Crippen molar-refractivity contribution < 1.29 is 0 Å². The molecule has 61 heavy (non-hydrogen) atoms. The fraction of sp³-hybridized carbons (Fsp3) is 0.0508. The van der Waals surface area contributed by atoms with Crippen LogP contribution in [0, 0.1) is 0 Å². The molecule has 2 heteroatoms. The lowest BCUT2D eigenvalue weighted by Crippen LogP contribution is -2.31. The van der Waals surface area contributed by atoms with Gasteiger partial charge < -0.3 is 9.80 Å². The Balaban J connectivity index is 1.08. The van der Waals surface area contributed by atoms with Crippen LogP contribution in [-0.2, 0) is 5.41 Å². The van der Waals surface area contributed by atoms with Gasteiger partial charge in [-0.05, 0) is 122 Å². The van der Waals surface area contributed by atoms with Crippen molar-refractivity contribution in [3.8, 4) is 33.4 Å². The second kappa shape index (κ2) is 14.9. The predicted molar refractivity (Wildman–Crippen MR) is 259 cm³/mol. The maximum Gasteiger partial charge on any atom is 0.0618 e. The topological polar surface area (TPSA) is 6.48 Å². The molecule has 0 atom stereocenters. The third kappa shape index (κ3) is 6.36. The molecule has 10 aromatic rings. The van der Waals surface area contributed by atoms with E-state index in [1.54, 1.807) is 0 Å².